The lowest BCUT2D eigenvalue weighted by atomic mass is 10.1. The molecule has 0 amide bonds. The van der Waals surface area contributed by atoms with Crippen LogP contribution in [0, 0.1) is 0 Å². The average molecular weight is 236 g/mol. The maximum atomic E-state index is 5.66. The second-order valence-corrected chi connectivity index (χ2v) is 4.11. The minimum atomic E-state index is 0.253. The SMILES string of the molecule is CCOCC(CCCc1ccccc1)OCC. The lowest BCUT2D eigenvalue weighted by Gasteiger charge is -2.16. The van der Waals surface area contributed by atoms with E-state index in [4.69, 9.17) is 9.47 Å². The fourth-order valence-corrected chi connectivity index (χ4v) is 1.88. The maximum Gasteiger partial charge on any atom is 0.0808 e. The van der Waals surface area contributed by atoms with Gasteiger partial charge in [-0.25, -0.2) is 0 Å². The van der Waals surface area contributed by atoms with E-state index in [1.807, 2.05) is 13.8 Å². The lowest BCUT2D eigenvalue weighted by molar-refractivity contribution is -0.0131. The van der Waals surface area contributed by atoms with Crippen molar-refractivity contribution >= 4 is 0 Å². The summed E-state index contributed by atoms with van der Waals surface area (Å²) in [7, 11) is 0. The molecule has 0 aliphatic rings. The van der Waals surface area contributed by atoms with Gasteiger partial charge in [0.2, 0.25) is 0 Å². The van der Waals surface area contributed by atoms with Crippen molar-refractivity contribution in [1.29, 1.82) is 0 Å². The van der Waals surface area contributed by atoms with Gasteiger partial charge in [-0.3, -0.25) is 0 Å². The monoisotopic (exact) mass is 236 g/mol. The van der Waals surface area contributed by atoms with Gasteiger partial charge in [-0.05, 0) is 38.7 Å². The first kappa shape index (κ1) is 14.2. The van der Waals surface area contributed by atoms with E-state index in [1.165, 1.54) is 5.56 Å². The molecule has 0 spiro atoms. The zero-order valence-electron chi connectivity index (χ0n) is 11.0. The van der Waals surface area contributed by atoms with Crippen molar-refractivity contribution in [2.75, 3.05) is 19.8 Å². The third kappa shape index (κ3) is 6.44. The first-order chi connectivity index (χ1) is 8.36. The second-order valence-electron chi connectivity index (χ2n) is 4.11. The standard InChI is InChI=1S/C15H24O2/c1-3-16-13-15(17-4-2)12-8-11-14-9-6-5-7-10-14/h5-7,9-10,15H,3-4,8,11-13H2,1-2H3. The molecule has 1 unspecified atom stereocenters. The smallest absolute Gasteiger partial charge is 0.0808 e. The molecule has 0 heterocycles. The fraction of sp³-hybridized carbons (Fsp3) is 0.600. The van der Waals surface area contributed by atoms with Gasteiger partial charge in [0.25, 0.3) is 0 Å². The molecule has 96 valence electrons. The number of benzene rings is 1. The number of ether oxygens (including phenoxy) is 2. The van der Waals surface area contributed by atoms with E-state index in [0.717, 1.165) is 39.1 Å². The van der Waals surface area contributed by atoms with Gasteiger partial charge in [-0.15, -0.1) is 0 Å². The third-order valence-corrected chi connectivity index (χ3v) is 2.74. The molecule has 1 rings (SSSR count). The Bertz CT molecular complexity index is 272. The number of rotatable bonds is 9. The molecule has 0 radical (unpaired) electrons. The summed E-state index contributed by atoms with van der Waals surface area (Å²) in [6, 6.07) is 10.6. The highest BCUT2D eigenvalue weighted by molar-refractivity contribution is 5.14. The Morgan fingerprint density at radius 2 is 1.82 bits per heavy atom. The van der Waals surface area contributed by atoms with Crippen LogP contribution in [-0.2, 0) is 15.9 Å². The van der Waals surface area contributed by atoms with Crippen LogP contribution in [0.4, 0.5) is 0 Å². The van der Waals surface area contributed by atoms with Gasteiger partial charge in [-0.2, -0.15) is 0 Å². The van der Waals surface area contributed by atoms with Gasteiger partial charge >= 0.3 is 0 Å². The molecule has 2 nitrogen and oxygen atoms in total. The molecule has 0 aliphatic carbocycles. The van der Waals surface area contributed by atoms with Crippen molar-refractivity contribution in [2.24, 2.45) is 0 Å². The van der Waals surface area contributed by atoms with E-state index in [2.05, 4.69) is 30.3 Å². The van der Waals surface area contributed by atoms with Gasteiger partial charge in [-0.1, -0.05) is 30.3 Å². The molecule has 0 saturated carbocycles. The van der Waals surface area contributed by atoms with E-state index in [-0.39, 0.29) is 6.10 Å². The molecule has 2 heteroatoms. The summed E-state index contributed by atoms with van der Waals surface area (Å²) in [5.41, 5.74) is 1.40. The van der Waals surface area contributed by atoms with E-state index >= 15 is 0 Å². The van der Waals surface area contributed by atoms with Gasteiger partial charge in [0.1, 0.15) is 0 Å². The molecule has 17 heavy (non-hydrogen) atoms. The fourth-order valence-electron chi connectivity index (χ4n) is 1.88. The predicted molar refractivity (Wildman–Crippen MR) is 71.3 cm³/mol. The normalized spacial score (nSPS) is 12.6. The minimum Gasteiger partial charge on any atom is -0.379 e. The Labute approximate surface area is 105 Å². The van der Waals surface area contributed by atoms with Crippen LogP contribution < -0.4 is 0 Å². The molecule has 1 aromatic rings. The van der Waals surface area contributed by atoms with Crippen molar-refractivity contribution in [3.63, 3.8) is 0 Å². The van der Waals surface area contributed by atoms with E-state index in [0.29, 0.717) is 0 Å². The lowest BCUT2D eigenvalue weighted by Crippen LogP contribution is -2.20. The van der Waals surface area contributed by atoms with Crippen LogP contribution in [-0.4, -0.2) is 25.9 Å². The number of hydrogen-bond acceptors (Lipinski definition) is 2. The molecule has 0 N–H and O–H groups in total. The molecule has 1 aromatic carbocycles. The van der Waals surface area contributed by atoms with Gasteiger partial charge in [0.05, 0.1) is 12.7 Å². The van der Waals surface area contributed by atoms with Crippen LogP contribution in [0.15, 0.2) is 30.3 Å². The molecular formula is C15H24O2. The maximum absolute atomic E-state index is 5.66. The Balaban J connectivity index is 2.22. The number of aryl methyl sites for hydroxylation is 1. The van der Waals surface area contributed by atoms with E-state index in [1.54, 1.807) is 0 Å². The minimum absolute atomic E-state index is 0.253. The Hall–Kier alpha value is -0.860. The summed E-state index contributed by atoms with van der Waals surface area (Å²) in [4.78, 5) is 0. The summed E-state index contributed by atoms with van der Waals surface area (Å²) in [5, 5.41) is 0. The predicted octanol–water partition coefficient (Wildman–Crippen LogP) is 3.45. The van der Waals surface area contributed by atoms with Crippen molar-refractivity contribution in [3.8, 4) is 0 Å². The van der Waals surface area contributed by atoms with E-state index in [9.17, 15) is 0 Å². The first-order valence-electron chi connectivity index (χ1n) is 6.60. The molecule has 0 saturated heterocycles. The van der Waals surface area contributed by atoms with Gasteiger partial charge in [0.15, 0.2) is 0 Å². The highest BCUT2D eigenvalue weighted by Gasteiger charge is 2.08. The summed E-state index contributed by atoms with van der Waals surface area (Å²) < 4.78 is 11.1. The van der Waals surface area contributed by atoms with Gasteiger partial charge in [0, 0.05) is 13.2 Å². The molecule has 0 aromatic heterocycles. The molecule has 0 fully saturated rings. The summed E-state index contributed by atoms with van der Waals surface area (Å²) in [6.07, 6.45) is 3.60. The Morgan fingerprint density at radius 1 is 1.06 bits per heavy atom. The molecule has 0 bridgehead atoms. The van der Waals surface area contributed by atoms with Crippen LogP contribution in [0.3, 0.4) is 0 Å². The molecule has 1 atom stereocenters. The van der Waals surface area contributed by atoms with Crippen LogP contribution in [0.25, 0.3) is 0 Å². The summed E-state index contributed by atoms with van der Waals surface area (Å²) in [5.74, 6) is 0. The van der Waals surface area contributed by atoms with Crippen molar-refractivity contribution in [2.45, 2.75) is 39.2 Å². The van der Waals surface area contributed by atoms with Crippen LogP contribution in [0.2, 0.25) is 0 Å². The zero-order valence-corrected chi connectivity index (χ0v) is 11.0. The topological polar surface area (TPSA) is 18.5 Å². The first-order valence-corrected chi connectivity index (χ1v) is 6.60. The highest BCUT2D eigenvalue weighted by Crippen LogP contribution is 2.09. The highest BCUT2D eigenvalue weighted by atomic mass is 16.5. The second kappa shape index (κ2) is 9.20. The summed E-state index contributed by atoms with van der Waals surface area (Å²) in [6.45, 7) is 6.31. The zero-order chi connectivity index (χ0) is 12.3. The van der Waals surface area contributed by atoms with Crippen LogP contribution in [0.5, 0.6) is 0 Å². The Morgan fingerprint density at radius 3 is 2.47 bits per heavy atom. The largest absolute Gasteiger partial charge is 0.379 e. The van der Waals surface area contributed by atoms with Crippen molar-refractivity contribution in [3.05, 3.63) is 35.9 Å². The average Bonchev–Trinajstić information content (AvgIpc) is 2.37. The van der Waals surface area contributed by atoms with Crippen LogP contribution in [0.1, 0.15) is 32.3 Å². The van der Waals surface area contributed by atoms with Crippen molar-refractivity contribution in [1.82, 2.24) is 0 Å². The van der Waals surface area contributed by atoms with E-state index < -0.39 is 0 Å². The molecule has 0 aliphatic heterocycles. The van der Waals surface area contributed by atoms with Crippen LogP contribution >= 0.6 is 0 Å². The van der Waals surface area contributed by atoms with Crippen molar-refractivity contribution < 1.29 is 9.47 Å². The summed E-state index contributed by atoms with van der Waals surface area (Å²) >= 11 is 0. The quantitative estimate of drug-likeness (QED) is 0.654. The Kier molecular flexibility index (Phi) is 7.69. The number of hydrogen-bond donors (Lipinski definition) is 0. The van der Waals surface area contributed by atoms with Gasteiger partial charge < -0.3 is 9.47 Å². The third-order valence-electron chi connectivity index (χ3n) is 2.74. The molecular weight excluding hydrogens is 212 g/mol.